The molecule has 5 aliphatic rings. The smallest absolute Gasteiger partial charge is 0.333 e. The van der Waals surface area contributed by atoms with Gasteiger partial charge >= 0.3 is 6.03 Å². The summed E-state index contributed by atoms with van der Waals surface area (Å²) in [6.07, 6.45) is 10.0. The van der Waals surface area contributed by atoms with Crippen molar-refractivity contribution in [3.63, 3.8) is 0 Å². The molecule has 1 atom stereocenters. The number of nitrogens with zero attached hydrogens (tertiary/aromatic N) is 2. The van der Waals surface area contributed by atoms with Crippen molar-refractivity contribution in [3.05, 3.63) is 35.9 Å². The van der Waals surface area contributed by atoms with E-state index in [9.17, 15) is 4.79 Å². The number of nitrogens with one attached hydrogen (secondary N) is 1. The van der Waals surface area contributed by atoms with Crippen LogP contribution in [-0.2, 0) is 0 Å². The third kappa shape index (κ3) is 3.35. The zero-order valence-electron chi connectivity index (χ0n) is 17.0. The standard InChI is InChI=1S/C24H33N3O/c1-2-3-9-22-21(18-7-5-4-6-8-18)15-27(26-22)24(28)25-23-19-11-16-10-17(13-19)14-20(23)12-16/h4-8,16-17,19-21,23H,2-3,9-15H2,1H3,(H,25,28). The molecular weight excluding hydrogens is 346 g/mol. The minimum absolute atomic E-state index is 0.0323. The Hall–Kier alpha value is -1.84. The van der Waals surface area contributed by atoms with Gasteiger partial charge in [0.2, 0.25) is 0 Å². The average Bonchev–Trinajstić information content (AvgIpc) is 3.13. The van der Waals surface area contributed by atoms with Gasteiger partial charge in [0.15, 0.2) is 0 Å². The van der Waals surface area contributed by atoms with Crippen LogP contribution in [0.1, 0.15) is 69.8 Å². The molecule has 2 amide bonds. The summed E-state index contributed by atoms with van der Waals surface area (Å²) < 4.78 is 0. The lowest BCUT2D eigenvalue weighted by molar-refractivity contribution is -0.0109. The van der Waals surface area contributed by atoms with Gasteiger partial charge in [-0.3, -0.25) is 0 Å². The molecule has 4 nitrogen and oxygen atoms in total. The highest BCUT2D eigenvalue weighted by atomic mass is 16.2. The second kappa shape index (κ2) is 7.53. The first-order valence-electron chi connectivity index (χ1n) is 11.4. The molecule has 1 aliphatic heterocycles. The molecule has 150 valence electrons. The van der Waals surface area contributed by atoms with Crippen LogP contribution in [0.25, 0.3) is 0 Å². The monoisotopic (exact) mass is 379 g/mol. The van der Waals surface area contributed by atoms with Crippen LogP contribution in [0.15, 0.2) is 35.4 Å². The SMILES string of the molecule is CCCCC1=NN(C(=O)NC2C3CC4CC(C3)CC2C4)CC1c1ccccc1. The maximum Gasteiger partial charge on any atom is 0.338 e. The van der Waals surface area contributed by atoms with Crippen molar-refractivity contribution in [2.45, 2.75) is 70.3 Å². The quantitative estimate of drug-likeness (QED) is 0.754. The number of urea groups is 1. The topological polar surface area (TPSA) is 44.7 Å². The summed E-state index contributed by atoms with van der Waals surface area (Å²) in [5.41, 5.74) is 2.45. The minimum atomic E-state index is 0.0323. The molecule has 4 fully saturated rings. The first-order chi connectivity index (χ1) is 13.7. The van der Waals surface area contributed by atoms with Crippen LogP contribution in [0.5, 0.6) is 0 Å². The van der Waals surface area contributed by atoms with Gasteiger partial charge < -0.3 is 5.32 Å². The van der Waals surface area contributed by atoms with E-state index in [1.54, 1.807) is 5.01 Å². The number of amides is 2. The second-order valence-corrected chi connectivity index (χ2v) is 9.65. The Balaban J connectivity index is 1.29. The lowest BCUT2D eigenvalue weighted by atomic mass is 9.54. The lowest BCUT2D eigenvalue weighted by Gasteiger charge is -2.54. The van der Waals surface area contributed by atoms with Crippen molar-refractivity contribution in [1.82, 2.24) is 10.3 Å². The fraction of sp³-hybridized carbons (Fsp3) is 0.667. The highest BCUT2D eigenvalue weighted by Gasteiger charge is 2.49. The molecule has 0 spiro atoms. The van der Waals surface area contributed by atoms with E-state index in [-0.39, 0.29) is 11.9 Å². The third-order valence-corrected chi connectivity index (χ3v) is 7.75. The second-order valence-electron chi connectivity index (χ2n) is 9.65. The Morgan fingerprint density at radius 1 is 1.07 bits per heavy atom. The minimum Gasteiger partial charge on any atom is -0.333 e. The van der Waals surface area contributed by atoms with Gasteiger partial charge in [0.1, 0.15) is 0 Å². The fourth-order valence-electron chi connectivity index (χ4n) is 6.62. The molecule has 28 heavy (non-hydrogen) atoms. The van der Waals surface area contributed by atoms with Crippen molar-refractivity contribution >= 4 is 11.7 Å². The van der Waals surface area contributed by atoms with Crippen molar-refractivity contribution in [3.8, 4) is 0 Å². The van der Waals surface area contributed by atoms with Crippen LogP contribution >= 0.6 is 0 Å². The summed E-state index contributed by atoms with van der Waals surface area (Å²) in [7, 11) is 0. The van der Waals surface area contributed by atoms with Gasteiger partial charge in [0.05, 0.1) is 6.54 Å². The number of hydrogen-bond donors (Lipinski definition) is 1. The molecule has 4 saturated carbocycles. The molecule has 1 unspecified atom stereocenters. The molecule has 1 N–H and O–H groups in total. The van der Waals surface area contributed by atoms with E-state index in [2.05, 4.69) is 42.6 Å². The maximum atomic E-state index is 13.1. The first kappa shape index (κ1) is 18.2. The molecule has 1 heterocycles. The summed E-state index contributed by atoms with van der Waals surface area (Å²) in [5, 5.41) is 9.97. The predicted molar refractivity (Wildman–Crippen MR) is 112 cm³/mol. The first-order valence-corrected chi connectivity index (χ1v) is 11.4. The Kier molecular flexibility index (Phi) is 4.90. The van der Waals surface area contributed by atoms with Crippen LogP contribution < -0.4 is 5.32 Å². The fourth-order valence-corrected chi connectivity index (χ4v) is 6.62. The molecule has 1 aromatic carbocycles. The predicted octanol–water partition coefficient (Wildman–Crippen LogP) is 5.17. The zero-order valence-corrected chi connectivity index (χ0v) is 17.0. The van der Waals surface area contributed by atoms with E-state index >= 15 is 0 Å². The number of hydrogen-bond acceptors (Lipinski definition) is 2. The molecule has 0 radical (unpaired) electrons. The normalized spacial score (nSPS) is 35.9. The van der Waals surface area contributed by atoms with E-state index in [0.717, 1.165) is 31.1 Å². The Morgan fingerprint density at radius 2 is 1.75 bits per heavy atom. The summed E-state index contributed by atoms with van der Waals surface area (Å²) in [5.74, 6) is 3.52. The Morgan fingerprint density at radius 3 is 2.39 bits per heavy atom. The van der Waals surface area contributed by atoms with Crippen molar-refractivity contribution in [2.75, 3.05) is 6.54 Å². The van der Waals surface area contributed by atoms with E-state index in [0.29, 0.717) is 24.4 Å². The number of hydrazone groups is 1. The largest absolute Gasteiger partial charge is 0.338 e. The van der Waals surface area contributed by atoms with Gasteiger partial charge in [-0.1, -0.05) is 43.7 Å². The third-order valence-electron chi connectivity index (χ3n) is 7.75. The molecular formula is C24H33N3O. The molecule has 0 saturated heterocycles. The number of carbonyl (C=O) groups is 1. The Bertz CT molecular complexity index is 715. The van der Waals surface area contributed by atoms with Gasteiger partial charge in [-0.25, -0.2) is 9.80 Å². The average molecular weight is 380 g/mol. The summed E-state index contributed by atoms with van der Waals surface area (Å²) >= 11 is 0. The van der Waals surface area contributed by atoms with Gasteiger partial charge in [-0.15, -0.1) is 0 Å². The van der Waals surface area contributed by atoms with Crippen molar-refractivity contribution in [2.24, 2.45) is 28.8 Å². The molecule has 4 heteroatoms. The van der Waals surface area contributed by atoms with E-state index < -0.39 is 0 Å². The number of benzene rings is 1. The van der Waals surface area contributed by atoms with Crippen molar-refractivity contribution in [1.29, 1.82) is 0 Å². The highest BCUT2D eigenvalue weighted by Crippen LogP contribution is 2.53. The van der Waals surface area contributed by atoms with E-state index in [1.165, 1.54) is 43.4 Å². The molecule has 1 aromatic rings. The zero-order chi connectivity index (χ0) is 19.1. The molecule has 6 rings (SSSR count). The van der Waals surface area contributed by atoms with Crippen LogP contribution in [0.2, 0.25) is 0 Å². The number of carbonyl (C=O) groups excluding carboxylic acids is 1. The number of rotatable bonds is 5. The van der Waals surface area contributed by atoms with E-state index in [4.69, 9.17) is 5.10 Å². The van der Waals surface area contributed by atoms with Crippen LogP contribution in [0.3, 0.4) is 0 Å². The lowest BCUT2D eigenvalue weighted by Crippen LogP contribution is -2.57. The molecule has 4 bridgehead atoms. The number of unbranched alkanes of at least 4 members (excludes halogenated alkanes) is 1. The highest BCUT2D eigenvalue weighted by molar-refractivity contribution is 5.94. The van der Waals surface area contributed by atoms with Crippen LogP contribution in [-0.4, -0.2) is 29.3 Å². The van der Waals surface area contributed by atoms with Gasteiger partial charge in [0.25, 0.3) is 0 Å². The molecule has 0 aromatic heterocycles. The summed E-state index contributed by atoms with van der Waals surface area (Å²) in [4.78, 5) is 13.1. The van der Waals surface area contributed by atoms with Crippen molar-refractivity contribution < 1.29 is 4.79 Å². The molecule has 4 aliphatic carbocycles. The Labute approximate surface area is 168 Å². The van der Waals surface area contributed by atoms with Crippen LogP contribution in [0.4, 0.5) is 4.79 Å². The van der Waals surface area contributed by atoms with Gasteiger partial charge in [-0.2, -0.15) is 5.10 Å². The maximum absolute atomic E-state index is 13.1. The van der Waals surface area contributed by atoms with E-state index in [1.807, 2.05) is 0 Å². The van der Waals surface area contributed by atoms with Gasteiger partial charge in [-0.05, 0) is 74.2 Å². The van der Waals surface area contributed by atoms with Gasteiger partial charge in [0, 0.05) is 17.7 Å². The summed E-state index contributed by atoms with van der Waals surface area (Å²) in [6.45, 7) is 2.89. The summed E-state index contributed by atoms with van der Waals surface area (Å²) in [6, 6.07) is 11.0. The van der Waals surface area contributed by atoms with Crippen LogP contribution in [0, 0.1) is 23.7 Å².